The number of aromatic nitrogens is 5. The van der Waals surface area contributed by atoms with Gasteiger partial charge in [0, 0.05) is 30.4 Å². The van der Waals surface area contributed by atoms with Crippen molar-refractivity contribution in [1.82, 2.24) is 24.7 Å². The molecule has 0 unspecified atom stereocenters. The number of thiophene rings is 1. The average molecular weight is 447 g/mol. The van der Waals surface area contributed by atoms with Gasteiger partial charge in [-0.05, 0) is 63.8 Å². The Morgan fingerprint density at radius 2 is 2.06 bits per heavy atom. The fraction of sp³-hybridized carbons (Fsp3) is 0.375. The molecule has 5 rings (SSSR count). The van der Waals surface area contributed by atoms with E-state index in [1.54, 1.807) is 17.5 Å². The quantitative estimate of drug-likeness (QED) is 0.405. The Kier molecular flexibility index (Phi) is 5.46. The Bertz CT molecular complexity index is 1260. The summed E-state index contributed by atoms with van der Waals surface area (Å²) in [5.74, 6) is 1.54. The molecule has 0 radical (unpaired) electrons. The van der Waals surface area contributed by atoms with Gasteiger partial charge in [-0.15, -0.1) is 11.3 Å². The molecule has 1 aliphatic carbocycles. The Balaban J connectivity index is 1.63. The third-order valence-corrected chi connectivity index (χ3v) is 7.27. The molecular weight excluding hydrogens is 420 g/mol. The summed E-state index contributed by atoms with van der Waals surface area (Å²) < 4.78 is 1.97. The maximum absolute atomic E-state index is 11.3. The largest absolute Gasteiger partial charge is 0.367 e. The third-order valence-electron chi connectivity index (χ3n) is 6.06. The van der Waals surface area contributed by atoms with Crippen molar-refractivity contribution in [1.29, 1.82) is 0 Å². The Labute approximate surface area is 190 Å². The van der Waals surface area contributed by atoms with E-state index in [1.165, 1.54) is 0 Å². The summed E-state index contributed by atoms with van der Waals surface area (Å²) in [5.41, 5.74) is 2.82. The van der Waals surface area contributed by atoms with Crippen LogP contribution in [0.15, 0.2) is 36.7 Å². The second-order valence-electron chi connectivity index (χ2n) is 8.67. The minimum Gasteiger partial charge on any atom is -0.367 e. The van der Waals surface area contributed by atoms with E-state index in [1.807, 2.05) is 29.1 Å². The van der Waals surface area contributed by atoms with Crippen molar-refractivity contribution in [2.75, 3.05) is 5.32 Å². The minimum atomic E-state index is 0.124. The Morgan fingerprint density at radius 1 is 1.19 bits per heavy atom. The predicted molar refractivity (Wildman–Crippen MR) is 128 cm³/mol. The summed E-state index contributed by atoms with van der Waals surface area (Å²) in [4.78, 5) is 27.5. The third kappa shape index (κ3) is 3.79. The first kappa shape index (κ1) is 20.8. The number of nitrogens with zero attached hydrogens (tertiary/aromatic N) is 5. The SMILES string of the molecule is Cc1c(-c2ccn(C(C)C)n2)sc2nc(-c3ccccn3)nc(N[C@@H]3CC[C@H](C=O)C3)c12. The monoisotopic (exact) mass is 446 g/mol. The van der Waals surface area contributed by atoms with Crippen LogP contribution in [0.2, 0.25) is 0 Å². The van der Waals surface area contributed by atoms with E-state index in [0.29, 0.717) is 11.9 Å². The van der Waals surface area contributed by atoms with Crippen LogP contribution in [-0.4, -0.2) is 37.1 Å². The number of hydrogen-bond acceptors (Lipinski definition) is 7. The van der Waals surface area contributed by atoms with Crippen LogP contribution in [-0.2, 0) is 4.79 Å². The first-order chi connectivity index (χ1) is 15.5. The van der Waals surface area contributed by atoms with Gasteiger partial charge in [-0.2, -0.15) is 5.10 Å². The molecule has 0 bridgehead atoms. The number of pyridine rings is 1. The molecule has 0 aromatic carbocycles. The highest BCUT2D eigenvalue weighted by Crippen LogP contribution is 2.41. The minimum absolute atomic E-state index is 0.124. The predicted octanol–water partition coefficient (Wildman–Crippen LogP) is 5.29. The van der Waals surface area contributed by atoms with Gasteiger partial charge >= 0.3 is 0 Å². The van der Waals surface area contributed by atoms with Crippen molar-refractivity contribution in [3.8, 4) is 22.1 Å². The number of aryl methyl sites for hydroxylation is 1. The number of carbonyl (C=O) groups excluding carboxylic acids is 1. The summed E-state index contributed by atoms with van der Waals surface area (Å²) >= 11 is 1.64. The van der Waals surface area contributed by atoms with Gasteiger partial charge in [-0.1, -0.05) is 6.07 Å². The van der Waals surface area contributed by atoms with Crippen LogP contribution in [0.3, 0.4) is 0 Å². The number of nitrogens with one attached hydrogen (secondary N) is 1. The number of carbonyl (C=O) groups is 1. The molecule has 7 nitrogen and oxygen atoms in total. The summed E-state index contributed by atoms with van der Waals surface area (Å²) in [5, 5.41) is 9.43. The highest BCUT2D eigenvalue weighted by molar-refractivity contribution is 7.22. The Morgan fingerprint density at radius 3 is 2.75 bits per heavy atom. The van der Waals surface area contributed by atoms with Gasteiger partial charge in [-0.25, -0.2) is 9.97 Å². The summed E-state index contributed by atoms with van der Waals surface area (Å²) in [6.07, 6.45) is 7.57. The second-order valence-corrected chi connectivity index (χ2v) is 9.67. The maximum atomic E-state index is 11.3. The fourth-order valence-corrected chi connectivity index (χ4v) is 5.45. The highest BCUT2D eigenvalue weighted by atomic mass is 32.1. The van der Waals surface area contributed by atoms with E-state index in [2.05, 4.69) is 37.1 Å². The molecule has 4 aromatic heterocycles. The normalized spacial score (nSPS) is 18.5. The smallest absolute Gasteiger partial charge is 0.181 e. The van der Waals surface area contributed by atoms with E-state index in [4.69, 9.17) is 15.1 Å². The molecule has 0 spiro atoms. The standard InChI is InChI=1S/C24H26N6OS/c1-14(2)30-11-9-18(29-30)21-15(3)20-23(26-17-8-7-16(12-17)13-31)27-22(28-24(20)32-21)19-6-4-5-10-25-19/h4-6,9-11,13-14,16-17H,7-8,12H2,1-3H3,(H,26,27,28)/t16-,17+/m0/s1. The van der Waals surface area contributed by atoms with Crippen LogP contribution >= 0.6 is 11.3 Å². The molecule has 8 heteroatoms. The zero-order valence-electron chi connectivity index (χ0n) is 18.4. The molecule has 164 valence electrons. The van der Waals surface area contributed by atoms with Gasteiger partial charge in [0.15, 0.2) is 5.82 Å². The van der Waals surface area contributed by atoms with E-state index in [9.17, 15) is 4.79 Å². The highest BCUT2D eigenvalue weighted by Gasteiger charge is 2.27. The lowest BCUT2D eigenvalue weighted by atomic mass is 10.1. The number of aldehydes is 1. The molecule has 1 N–H and O–H groups in total. The summed E-state index contributed by atoms with van der Waals surface area (Å²) in [7, 11) is 0. The second kappa shape index (κ2) is 8.43. The zero-order chi connectivity index (χ0) is 22.2. The van der Waals surface area contributed by atoms with Gasteiger partial charge < -0.3 is 10.1 Å². The van der Waals surface area contributed by atoms with Gasteiger partial charge in [0.2, 0.25) is 0 Å². The molecule has 0 amide bonds. The van der Waals surface area contributed by atoms with Gasteiger partial charge in [0.1, 0.15) is 28.3 Å². The summed E-state index contributed by atoms with van der Waals surface area (Å²) in [6, 6.07) is 8.34. The van der Waals surface area contributed by atoms with Crippen molar-refractivity contribution >= 4 is 33.7 Å². The zero-order valence-corrected chi connectivity index (χ0v) is 19.3. The van der Waals surface area contributed by atoms with Crippen LogP contribution in [0.1, 0.15) is 44.7 Å². The van der Waals surface area contributed by atoms with Crippen molar-refractivity contribution in [3.05, 3.63) is 42.2 Å². The molecule has 1 fully saturated rings. The van der Waals surface area contributed by atoms with Crippen molar-refractivity contribution in [3.63, 3.8) is 0 Å². The molecular formula is C24H26N6OS. The molecule has 4 heterocycles. The fourth-order valence-electron chi connectivity index (χ4n) is 4.31. The van der Waals surface area contributed by atoms with Crippen LogP contribution < -0.4 is 5.32 Å². The topological polar surface area (TPSA) is 85.6 Å². The van der Waals surface area contributed by atoms with Gasteiger partial charge in [0.05, 0.1) is 10.3 Å². The Hall–Kier alpha value is -3.13. The molecule has 1 aliphatic rings. The van der Waals surface area contributed by atoms with Crippen molar-refractivity contribution in [2.45, 2.75) is 52.1 Å². The molecule has 2 atom stereocenters. The molecule has 0 saturated heterocycles. The number of fused-ring (bicyclic) bond motifs is 1. The van der Waals surface area contributed by atoms with Crippen LogP contribution in [0.4, 0.5) is 5.82 Å². The van der Waals surface area contributed by atoms with Crippen molar-refractivity contribution in [2.24, 2.45) is 5.92 Å². The molecule has 4 aromatic rings. The van der Waals surface area contributed by atoms with Crippen LogP contribution in [0, 0.1) is 12.8 Å². The van der Waals surface area contributed by atoms with Crippen LogP contribution in [0.5, 0.6) is 0 Å². The lowest BCUT2D eigenvalue weighted by Crippen LogP contribution is -2.17. The molecule has 0 aliphatic heterocycles. The maximum Gasteiger partial charge on any atom is 0.181 e. The average Bonchev–Trinajstić information content (AvgIpc) is 3.53. The lowest BCUT2D eigenvalue weighted by molar-refractivity contribution is -0.110. The van der Waals surface area contributed by atoms with Gasteiger partial charge in [-0.3, -0.25) is 9.67 Å². The molecule has 32 heavy (non-hydrogen) atoms. The number of anilines is 1. The van der Waals surface area contributed by atoms with Gasteiger partial charge in [0.25, 0.3) is 0 Å². The first-order valence-corrected chi connectivity index (χ1v) is 11.8. The lowest BCUT2D eigenvalue weighted by Gasteiger charge is -2.15. The number of hydrogen-bond donors (Lipinski definition) is 1. The van der Waals surface area contributed by atoms with E-state index in [0.717, 1.165) is 63.4 Å². The van der Waals surface area contributed by atoms with E-state index in [-0.39, 0.29) is 12.0 Å². The van der Waals surface area contributed by atoms with Crippen LogP contribution in [0.25, 0.3) is 32.3 Å². The summed E-state index contributed by atoms with van der Waals surface area (Å²) in [6.45, 7) is 6.35. The first-order valence-electron chi connectivity index (χ1n) is 11.0. The van der Waals surface area contributed by atoms with E-state index >= 15 is 0 Å². The van der Waals surface area contributed by atoms with Crippen molar-refractivity contribution < 1.29 is 4.79 Å². The number of rotatable bonds is 6. The van der Waals surface area contributed by atoms with E-state index < -0.39 is 0 Å². The molecule has 1 saturated carbocycles.